The average molecular weight is 384 g/mol. The van der Waals surface area contributed by atoms with Crippen molar-refractivity contribution in [1.82, 2.24) is 14.9 Å². The molecule has 0 spiro atoms. The van der Waals surface area contributed by atoms with Crippen molar-refractivity contribution >= 4 is 27.5 Å². The number of carbonyl (C=O) groups is 1. The summed E-state index contributed by atoms with van der Waals surface area (Å²) in [7, 11) is 0. The van der Waals surface area contributed by atoms with Crippen LogP contribution in [0.3, 0.4) is 0 Å². The normalized spacial score (nSPS) is 11.0. The minimum atomic E-state index is -0.0815. The Balaban J connectivity index is 1.81. The molecule has 1 N–H and O–H groups in total. The summed E-state index contributed by atoms with van der Waals surface area (Å²) in [6.07, 6.45) is 5.06. The lowest BCUT2D eigenvalue weighted by Crippen LogP contribution is -2.28. The number of carbonyl (C=O) groups excluding carboxylic acids is 1. The third-order valence-corrected chi connectivity index (χ3v) is 5.61. The van der Waals surface area contributed by atoms with E-state index in [-0.39, 0.29) is 17.9 Å². The zero-order valence-corrected chi connectivity index (χ0v) is 16.6. The Morgan fingerprint density at radius 2 is 2.00 bits per heavy atom. The number of aromatic nitrogens is 2. The molecule has 1 aromatic carbocycles. The van der Waals surface area contributed by atoms with Gasteiger partial charge in [0.15, 0.2) is 0 Å². The molecule has 2 heterocycles. The molecule has 0 unspecified atom stereocenters. The molecule has 0 aliphatic rings. The highest BCUT2D eigenvalue weighted by atomic mass is 32.1. The molecule has 0 radical (unpaired) electrons. The molecule has 0 saturated heterocycles. The van der Waals surface area contributed by atoms with Crippen LogP contribution < -0.4 is 10.9 Å². The first-order valence-electron chi connectivity index (χ1n) is 9.42. The Kier molecular flexibility index (Phi) is 6.40. The topological polar surface area (TPSA) is 64.0 Å². The molecule has 2 aromatic heterocycles. The average Bonchev–Trinajstić information content (AvgIpc) is 3.02. The summed E-state index contributed by atoms with van der Waals surface area (Å²) in [4.78, 5) is 31.3. The highest BCUT2D eigenvalue weighted by Gasteiger charge is 2.17. The summed E-state index contributed by atoms with van der Waals surface area (Å²) in [5, 5.41) is 3.56. The number of benzene rings is 1. The number of unbranched alkanes of at least 4 members (excludes halogenated alkanes) is 2. The largest absolute Gasteiger partial charge is 0.356 e. The van der Waals surface area contributed by atoms with Gasteiger partial charge in [0.05, 0.1) is 11.7 Å². The van der Waals surface area contributed by atoms with Crippen molar-refractivity contribution < 1.29 is 4.79 Å². The fourth-order valence-electron chi connectivity index (χ4n) is 3.16. The minimum Gasteiger partial charge on any atom is -0.356 e. The predicted molar refractivity (Wildman–Crippen MR) is 111 cm³/mol. The molecule has 0 fully saturated rings. The van der Waals surface area contributed by atoms with Crippen LogP contribution in [0.1, 0.15) is 37.5 Å². The second-order valence-electron chi connectivity index (χ2n) is 6.63. The maximum Gasteiger partial charge on any atom is 0.262 e. The van der Waals surface area contributed by atoms with Gasteiger partial charge in [0, 0.05) is 30.0 Å². The molecule has 6 heteroatoms. The van der Waals surface area contributed by atoms with Gasteiger partial charge in [-0.1, -0.05) is 50.1 Å². The Hall–Kier alpha value is -2.47. The molecule has 0 bridgehead atoms. The quantitative estimate of drug-likeness (QED) is 0.595. The van der Waals surface area contributed by atoms with E-state index in [4.69, 9.17) is 0 Å². The summed E-state index contributed by atoms with van der Waals surface area (Å²) in [5.41, 5.74) is 1.89. The summed E-state index contributed by atoms with van der Waals surface area (Å²) in [6, 6.07) is 9.92. The van der Waals surface area contributed by atoms with Gasteiger partial charge in [0.25, 0.3) is 5.56 Å². The Bertz CT molecular complexity index is 976. The van der Waals surface area contributed by atoms with Crippen molar-refractivity contribution in [1.29, 1.82) is 0 Å². The van der Waals surface area contributed by atoms with Gasteiger partial charge in [-0.15, -0.1) is 11.3 Å². The van der Waals surface area contributed by atoms with Crippen molar-refractivity contribution in [2.45, 2.75) is 46.1 Å². The number of nitrogens with one attached hydrogen (secondary N) is 1. The SMILES string of the molecule is CCCCCNC(=O)CCn1cnc2sc(C)c(-c3ccccc3)c2c1=O. The van der Waals surface area contributed by atoms with E-state index in [1.807, 2.05) is 37.3 Å². The first-order valence-corrected chi connectivity index (χ1v) is 10.2. The van der Waals surface area contributed by atoms with Crippen LogP contribution in [0.5, 0.6) is 0 Å². The van der Waals surface area contributed by atoms with Crippen LogP contribution >= 0.6 is 11.3 Å². The van der Waals surface area contributed by atoms with E-state index in [9.17, 15) is 9.59 Å². The Labute approximate surface area is 163 Å². The first kappa shape index (κ1) is 19.3. The fraction of sp³-hybridized carbons (Fsp3) is 0.381. The zero-order chi connectivity index (χ0) is 19.2. The summed E-state index contributed by atoms with van der Waals surface area (Å²) in [6.45, 7) is 5.18. The van der Waals surface area contributed by atoms with E-state index in [1.165, 1.54) is 11.3 Å². The van der Waals surface area contributed by atoms with Crippen LogP contribution in [0.15, 0.2) is 41.5 Å². The summed E-state index contributed by atoms with van der Waals surface area (Å²) in [5.74, 6) is -0.0251. The number of fused-ring (bicyclic) bond motifs is 1. The maximum absolute atomic E-state index is 13.0. The van der Waals surface area contributed by atoms with E-state index < -0.39 is 0 Å². The zero-order valence-electron chi connectivity index (χ0n) is 15.8. The summed E-state index contributed by atoms with van der Waals surface area (Å²) >= 11 is 1.53. The molecule has 0 aliphatic heterocycles. The van der Waals surface area contributed by atoms with Gasteiger partial charge in [-0.2, -0.15) is 0 Å². The van der Waals surface area contributed by atoms with Gasteiger partial charge < -0.3 is 5.32 Å². The van der Waals surface area contributed by atoms with Crippen LogP contribution in [0, 0.1) is 6.92 Å². The van der Waals surface area contributed by atoms with Crippen molar-refractivity contribution in [2.75, 3.05) is 6.54 Å². The molecule has 0 atom stereocenters. The Morgan fingerprint density at radius 1 is 1.22 bits per heavy atom. The third-order valence-electron chi connectivity index (χ3n) is 4.60. The lowest BCUT2D eigenvalue weighted by molar-refractivity contribution is -0.121. The number of amides is 1. The smallest absolute Gasteiger partial charge is 0.262 e. The van der Waals surface area contributed by atoms with Crippen LogP contribution in [-0.4, -0.2) is 22.0 Å². The fourth-order valence-corrected chi connectivity index (χ4v) is 4.17. The number of hydrogen-bond acceptors (Lipinski definition) is 4. The third kappa shape index (κ3) is 4.45. The Morgan fingerprint density at radius 3 is 2.74 bits per heavy atom. The molecule has 3 rings (SSSR count). The van der Waals surface area contributed by atoms with Crippen molar-refractivity contribution in [2.24, 2.45) is 0 Å². The van der Waals surface area contributed by atoms with Crippen LogP contribution in [0.4, 0.5) is 0 Å². The predicted octanol–water partition coefficient (Wildman–Crippen LogP) is 4.13. The van der Waals surface area contributed by atoms with Crippen molar-refractivity contribution in [3.63, 3.8) is 0 Å². The molecule has 5 nitrogen and oxygen atoms in total. The van der Waals surface area contributed by atoms with Crippen molar-refractivity contribution in [3.05, 3.63) is 51.9 Å². The van der Waals surface area contributed by atoms with E-state index in [2.05, 4.69) is 17.2 Å². The number of hydrogen-bond donors (Lipinski definition) is 1. The lowest BCUT2D eigenvalue weighted by atomic mass is 10.0. The molecular formula is C21H25N3O2S. The lowest BCUT2D eigenvalue weighted by Gasteiger charge is -2.07. The van der Waals surface area contributed by atoms with Gasteiger partial charge in [-0.3, -0.25) is 14.2 Å². The van der Waals surface area contributed by atoms with Gasteiger partial charge >= 0.3 is 0 Å². The molecule has 3 aromatic rings. The minimum absolute atomic E-state index is 0.0251. The maximum atomic E-state index is 13.0. The highest BCUT2D eigenvalue weighted by molar-refractivity contribution is 7.19. The molecule has 0 saturated carbocycles. The van der Waals surface area contributed by atoms with Gasteiger partial charge in [0.1, 0.15) is 4.83 Å². The molecule has 142 valence electrons. The summed E-state index contributed by atoms with van der Waals surface area (Å²) < 4.78 is 1.55. The van der Waals surface area contributed by atoms with Crippen LogP contribution in [0.2, 0.25) is 0 Å². The van der Waals surface area contributed by atoms with E-state index in [0.717, 1.165) is 40.1 Å². The molecule has 27 heavy (non-hydrogen) atoms. The molecule has 1 amide bonds. The second kappa shape index (κ2) is 8.95. The standard InChI is InChI=1S/C21H25N3O2S/c1-3-4-8-12-22-17(25)11-13-24-14-23-20-19(21(24)26)18(15(2)27-20)16-9-6-5-7-10-16/h5-7,9-10,14H,3-4,8,11-13H2,1-2H3,(H,22,25). The van der Waals surface area contributed by atoms with Crippen molar-refractivity contribution in [3.8, 4) is 11.1 Å². The van der Waals surface area contributed by atoms with Crippen LogP contribution in [0.25, 0.3) is 21.3 Å². The monoisotopic (exact) mass is 383 g/mol. The number of nitrogens with zero attached hydrogens (tertiary/aromatic N) is 2. The number of thiophene rings is 1. The van der Waals surface area contributed by atoms with Gasteiger partial charge in [-0.25, -0.2) is 4.98 Å². The van der Waals surface area contributed by atoms with E-state index in [0.29, 0.717) is 18.5 Å². The van der Waals surface area contributed by atoms with E-state index in [1.54, 1.807) is 10.9 Å². The molecular weight excluding hydrogens is 358 g/mol. The van der Waals surface area contributed by atoms with Gasteiger partial charge in [0.2, 0.25) is 5.91 Å². The van der Waals surface area contributed by atoms with E-state index >= 15 is 0 Å². The second-order valence-corrected chi connectivity index (χ2v) is 7.83. The van der Waals surface area contributed by atoms with Crippen LogP contribution in [-0.2, 0) is 11.3 Å². The number of rotatable bonds is 8. The molecule has 0 aliphatic carbocycles. The number of aryl methyl sites for hydroxylation is 2. The van der Waals surface area contributed by atoms with Gasteiger partial charge in [-0.05, 0) is 18.9 Å². The highest BCUT2D eigenvalue weighted by Crippen LogP contribution is 2.35. The first-order chi connectivity index (χ1) is 13.1.